The van der Waals surface area contributed by atoms with Gasteiger partial charge < -0.3 is 10.5 Å². The van der Waals surface area contributed by atoms with Crippen LogP contribution >= 0.6 is 0 Å². The number of aryl methyl sites for hydroxylation is 1. The molecule has 0 saturated carbocycles. The minimum atomic E-state index is 0.182. The maximum atomic E-state index is 6.38. The summed E-state index contributed by atoms with van der Waals surface area (Å²) in [5.74, 6) is 1.19. The second-order valence-corrected chi connectivity index (χ2v) is 5.16. The summed E-state index contributed by atoms with van der Waals surface area (Å²) in [4.78, 5) is 0. The Bertz CT molecular complexity index is 565. The van der Waals surface area contributed by atoms with E-state index in [4.69, 9.17) is 10.5 Å². The largest absolute Gasteiger partial charge is 0.497 e. The Morgan fingerprint density at radius 3 is 2.63 bits per heavy atom. The van der Waals surface area contributed by atoms with E-state index in [1.54, 1.807) is 7.11 Å². The van der Waals surface area contributed by atoms with Gasteiger partial charge in [0, 0.05) is 12.0 Å². The highest BCUT2D eigenvalue weighted by molar-refractivity contribution is 5.45. The average molecular weight is 253 g/mol. The van der Waals surface area contributed by atoms with Crippen LogP contribution in [0.5, 0.6) is 5.75 Å². The Balaban J connectivity index is 2.10. The van der Waals surface area contributed by atoms with Crippen LogP contribution in [0.3, 0.4) is 0 Å². The molecule has 0 amide bonds. The first kappa shape index (κ1) is 12.2. The lowest BCUT2D eigenvalue weighted by Gasteiger charge is -2.32. The van der Waals surface area contributed by atoms with Crippen molar-refractivity contribution in [3.05, 3.63) is 65.2 Å². The molecule has 2 N–H and O–H groups in total. The lowest BCUT2D eigenvalue weighted by molar-refractivity contribution is 0.412. The van der Waals surface area contributed by atoms with Gasteiger partial charge >= 0.3 is 0 Å². The van der Waals surface area contributed by atoms with Crippen LogP contribution in [0.4, 0.5) is 0 Å². The van der Waals surface area contributed by atoms with Crippen molar-refractivity contribution in [2.24, 2.45) is 5.73 Å². The summed E-state index contributed by atoms with van der Waals surface area (Å²) in [7, 11) is 1.71. The molecule has 0 aromatic heterocycles. The van der Waals surface area contributed by atoms with Gasteiger partial charge in [-0.05, 0) is 41.7 Å². The molecule has 0 fully saturated rings. The molecule has 2 unspecified atom stereocenters. The molecule has 2 aromatic rings. The molecule has 1 aliphatic rings. The molecular formula is C17H19NO. The molecule has 0 bridgehead atoms. The van der Waals surface area contributed by atoms with Crippen LogP contribution in [0.15, 0.2) is 48.5 Å². The fourth-order valence-corrected chi connectivity index (χ4v) is 3.02. The standard InChI is InChI=1S/C17H19NO/c1-19-14-9-7-12-8-10-16(18)17(15(12)11-14)13-5-3-2-4-6-13/h2-7,9,11,16-17H,8,10,18H2,1H3. The summed E-state index contributed by atoms with van der Waals surface area (Å²) in [5, 5.41) is 0. The number of benzene rings is 2. The Labute approximate surface area is 114 Å². The Morgan fingerprint density at radius 2 is 1.89 bits per heavy atom. The van der Waals surface area contributed by atoms with E-state index in [-0.39, 0.29) is 12.0 Å². The van der Waals surface area contributed by atoms with Crippen molar-refractivity contribution in [1.29, 1.82) is 0 Å². The van der Waals surface area contributed by atoms with Crippen molar-refractivity contribution in [2.75, 3.05) is 7.11 Å². The van der Waals surface area contributed by atoms with E-state index in [0.717, 1.165) is 18.6 Å². The highest BCUT2D eigenvalue weighted by Crippen LogP contribution is 2.37. The van der Waals surface area contributed by atoms with Gasteiger partial charge in [-0.1, -0.05) is 36.4 Å². The minimum absolute atomic E-state index is 0.182. The van der Waals surface area contributed by atoms with Crippen molar-refractivity contribution < 1.29 is 4.74 Å². The molecule has 0 radical (unpaired) electrons. The normalized spacial score (nSPS) is 21.8. The highest BCUT2D eigenvalue weighted by atomic mass is 16.5. The van der Waals surface area contributed by atoms with Gasteiger partial charge in [0.1, 0.15) is 5.75 Å². The SMILES string of the molecule is COc1ccc2c(c1)C(c1ccccc1)C(N)CC2. The topological polar surface area (TPSA) is 35.2 Å². The van der Waals surface area contributed by atoms with Crippen molar-refractivity contribution in [2.45, 2.75) is 24.8 Å². The van der Waals surface area contributed by atoms with Crippen LogP contribution in [-0.4, -0.2) is 13.2 Å². The third-order valence-electron chi connectivity index (χ3n) is 4.02. The van der Waals surface area contributed by atoms with Gasteiger partial charge in [-0.3, -0.25) is 0 Å². The van der Waals surface area contributed by atoms with Crippen LogP contribution in [0, 0.1) is 0 Å². The molecule has 2 heteroatoms. The zero-order chi connectivity index (χ0) is 13.2. The van der Waals surface area contributed by atoms with Crippen molar-refractivity contribution in [1.82, 2.24) is 0 Å². The van der Waals surface area contributed by atoms with Crippen LogP contribution in [-0.2, 0) is 6.42 Å². The number of methoxy groups -OCH3 is 1. The molecule has 2 aromatic carbocycles. The molecule has 98 valence electrons. The number of hydrogen-bond donors (Lipinski definition) is 1. The van der Waals surface area contributed by atoms with Gasteiger partial charge in [0.05, 0.1) is 7.11 Å². The molecule has 19 heavy (non-hydrogen) atoms. The van der Waals surface area contributed by atoms with E-state index in [2.05, 4.69) is 36.4 Å². The molecule has 0 saturated heterocycles. The summed E-state index contributed by atoms with van der Waals surface area (Å²) in [6.07, 6.45) is 2.10. The lowest BCUT2D eigenvalue weighted by atomic mass is 9.76. The van der Waals surface area contributed by atoms with E-state index in [1.807, 2.05) is 12.1 Å². The molecule has 0 spiro atoms. The summed E-state index contributed by atoms with van der Waals surface area (Å²) in [6.45, 7) is 0. The van der Waals surface area contributed by atoms with Crippen molar-refractivity contribution in [3.63, 3.8) is 0 Å². The van der Waals surface area contributed by atoms with Gasteiger partial charge in [0.25, 0.3) is 0 Å². The van der Waals surface area contributed by atoms with Crippen LogP contribution in [0.25, 0.3) is 0 Å². The Hall–Kier alpha value is -1.80. The fraction of sp³-hybridized carbons (Fsp3) is 0.294. The summed E-state index contributed by atoms with van der Waals surface area (Å²) >= 11 is 0. The highest BCUT2D eigenvalue weighted by Gasteiger charge is 2.28. The zero-order valence-corrected chi connectivity index (χ0v) is 11.2. The third kappa shape index (κ3) is 2.24. The Morgan fingerprint density at radius 1 is 1.11 bits per heavy atom. The molecule has 2 nitrogen and oxygen atoms in total. The van der Waals surface area contributed by atoms with Gasteiger partial charge in [-0.2, -0.15) is 0 Å². The van der Waals surface area contributed by atoms with Crippen molar-refractivity contribution >= 4 is 0 Å². The maximum Gasteiger partial charge on any atom is 0.119 e. The van der Waals surface area contributed by atoms with Crippen molar-refractivity contribution in [3.8, 4) is 5.75 Å². The molecule has 1 aliphatic carbocycles. The molecule has 0 heterocycles. The predicted octanol–water partition coefficient (Wildman–Crippen LogP) is 3.10. The average Bonchev–Trinajstić information content (AvgIpc) is 2.47. The van der Waals surface area contributed by atoms with E-state index in [0.29, 0.717) is 0 Å². The molecular weight excluding hydrogens is 234 g/mol. The number of ether oxygens (including phenoxy) is 1. The first-order valence-corrected chi connectivity index (χ1v) is 6.77. The molecule has 2 atom stereocenters. The van der Waals surface area contributed by atoms with Gasteiger partial charge in [-0.15, -0.1) is 0 Å². The van der Waals surface area contributed by atoms with Crippen LogP contribution in [0.1, 0.15) is 29.0 Å². The first-order chi connectivity index (χ1) is 9.29. The zero-order valence-electron chi connectivity index (χ0n) is 11.2. The lowest BCUT2D eigenvalue weighted by Crippen LogP contribution is -2.33. The van der Waals surface area contributed by atoms with Crippen LogP contribution in [0.2, 0.25) is 0 Å². The quantitative estimate of drug-likeness (QED) is 0.892. The van der Waals surface area contributed by atoms with Gasteiger partial charge in [0.15, 0.2) is 0 Å². The molecule has 0 aliphatic heterocycles. The van der Waals surface area contributed by atoms with Gasteiger partial charge in [0.2, 0.25) is 0 Å². The second kappa shape index (κ2) is 5.06. The Kier molecular flexibility index (Phi) is 3.26. The minimum Gasteiger partial charge on any atom is -0.497 e. The summed E-state index contributed by atoms with van der Waals surface area (Å²) in [5.41, 5.74) is 10.4. The first-order valence-electron chi connectivity index (χ1n) is 6.77. The second-order valence-electron chi connectivity index (χ2n) is 5.16. The number of hydrogen-bond acceptors (Lipinski definition) is 2. The number of fused-ring (bicyclic) bond motifs is 1. The number of rotatable bonds is 2. The smallest absolute Gasteiger partial charge is 0.119 e. The predicted molar refractivity (Wildman–Crippen MR) is 77.6 cm³/mol. The van der Waals surface area contributed by atoms with E-state index >= 15 is 0 Å². The van der Waals surface area contributed by atoms with E-state index < -0.39 is 0 Å². The monoisotopic (exact) mass is 253 g/mol. The van der Waals surface area contributed by atoms with E-state index in [9.17, 15) is 0 Å². The maximum absolute atomic E-state index is 6.38. The summed E-state index contributed by atoms with van der Waals surface area (Å²) < 4.78 is 5.36. The fourth-order valence-electron chi connectivity index (χ4n) is 3.02. The van der Waals surface area contributed by atoms with Crippen LogP contribution < -0.4 is 10.5 Å². The molecule has 3 rings (SSSR count). The third-order valence-corrected chi connectivity index (χ3v) is 4.02. The summed E-state index contributed by atoms with van der Waals surface area (Å²) in [6, 6.07) is 17.1. The van der Waals surface area contributed by atoms with Gasteiger partial charge in [-0.25, -0.2) is 0 Å². The van der Waals surface area contributed by atoms with E-state index in [1.165, 1.54) is 16.7 Å². The number of nitrogens with two attached hydrogens (primary N) is 1.